The van der Waals surface area contributed by atoms with Crippen LogP contribution in [-0.4, -0.2) is 52.1 Å². The van der Waals surface area contributed by atoms with Crippen LogP contribution in [0.3, 0.4) is 0 Å². The lowest BCUT2D eigenvalue weighted by atomic mass is 10.0. The minimum absolute atomic E-state index is 0.0732. The molecule has 1 saturated heterocycles. The van der Waals surface area contributed by atoms with E-state index in [-0.39, 0.29) is 11.7 Å². The van der Waals surface area contributed by atoms with Crippen molar-refractivity contribution < 1.29 is 14.0 Å². The van der Waals surface area contributed by atoms with Crippen LogP contribution in [0.15, 0.2) is 28.0 Å². The molecule has 2 aromatic heterocycles. The Morgan fingerprint density at radius 3 is 2.96 bits per heavy atom. The second kappa shape index (κ2) is 9.63. The van der Waals surface area contributed by atoms with Gasteiger partial charge in [-0.15, -0.1) is 10.2 Å². The highest BCUT2D eigenvalue weighted by Gasteiger charge is 2.24. The number of imide groups is 1. The van der Waals surface area contributed by atoms with Crippen LogP contribution < -0.4 is 15.5 Å². The van der Waals surface area contributed by atoms with E-state index in [0.29, 0.717) is 24.2 Å². The summed E-state index contributed by atoms with van der Waals surface area (Å²) < 4.78 is 7.47. The number of carbonyl (C=O) groups is 2. The van der Waals surface area contributed by atoms with E-state index in [4.69, 9.17) is 4.42 Å². The Morgan fingerprint density at radius 1 is 1.39 bits per heavy atom. The van der Waals surface area contributed by atoms with Gasteiger partial charge in [0.15, 0.2) is 5.16 Å². The molecule has 0 saturated carbocycles. The molecule has 0 radical (unpaired) electrons. The van der Waals surface area contributed by atoms with Crippen molar-refractivity contribution in [3.8, 4) is 0 Å². The van der Waals surface area contributed by atoms with Gasteiger partial charge in [-0.2, -0.15) is 0 Å². The first-order chi connectivity index (χ1) is 13.6. The molecule has 9 nitrogen and oxygen atoms in total. The molecule has 10 heteroatoms. The molecule has 1 aliphatic heterocycles. The summed E-state index contributed by atoms with van der Waals surface area (Å²) in [6.07, 6.45) is 3.96. The number of furan rings is 1. The van der Waals surface area contributed by atoms with Crippen molar-refractivity contribution in [2.45, 2.75) is 38.4 Å². The molecule has 3 heterocycles. The van der Waals surface area contributed by atoms with Crippen LogP contribution in [0.1, 0.15) is 32.4 Å². The molecule has 0 spiro atoms. The number of aromatic nitrogens is 3. The highest BCUT2D eigenvalue weighted by atomic mass is 32.2. The Morgan fingerprint density at radius 2 is 2.25 bits per heavy atom. The van der Waals surface area contributed by atoms with Crippen molar-refractivity contribution >= 4 is 29.6 Å². The van der Waals surface area contributed by atoms with Gasteiger partial charge in [-0.05, 0) is 37.8 Å². The number of piperidine rings is 1. The van der Waals surface area contributed by atoms with Crippen LogP contribution in [0.5, 0.6) is 0 Å². The number of rotatable bonds is 7. The van der Waals surface area contributed by atoms with E-state index in [2.05, 4.69) is 32.7 Å². The Balaban J connectivity index is 1.72. The van der Waals surface area contributed by atoms with Crippen molar-refractivity contribution in [1.29, 1.82) is 0 Å². The van der Waals surface area contributed by atoms with E-state index in [1.165, 1.54) is 18.2 Å². The number of nitrogens with one attached hydrogen (secondary N) is 2. The second-order valence-electron chi connectivity index (χ2n) is 6.84. The average molecular weight is 407 g/mol. The highest BCUT2D eigenvalue weighted by molar-refractivity contribution is 7.99. The zero-order chi connectivity index (χ0) is 19.9. The van der Waals surface area contributed by atoms with Crippen LogP contribution in [0.25, 0.3) is 0 Å². The molecular weight excluding hydrogens is 380 g/mol. The molecule has 152 valence electrons. The largest absolute Gasteiger partial charge is 0.467 e. The van der Waals surface area contributed by atoms with Crippen LogP contribution in [0, 0.1) is 5.92 Å². The minimum atomic E-state index is -0.492. The third-order valence-corrected chi connectivity index (χ3v) is 5.42. The number of hydrogen-bond donors (Lipinski definition) is 2. The van der Waals surface area contributed by atoms with Gasteiger partial charge in [-0.1, -0.05) is 18.7 Å². The van der Waals surface area contributed by atoms with Gasteiger partial charge < -0.3 is 14.6 Å². The molecule has 3 amide bonds. The fraction of sp³-hybridized carbons (Fsp3) is 0.556. The Labute approximate surface area is 168 Å². The molecule has 1 unspecified atom stereocenters. The fourth-order valence-electron chi connectivity index (χ4n) is 3.19. The summed E-state index contributed by atoms with van der Waals surface area (Å²) in [6, 6.07) is 3.25. The monoisotopic (exact) mass is 406 g/mol. The van der Waals surface area contributed by atoms with Crippen molar-refractivity contribution in [3.05, 3.63) is 24.2 Å². The summed E-state index contributed by atoms with van der Waals surface area (Å²) >= 11 is 1.25. The number of amides is 3. The van der Waals surface area contributed by atoms with Crippen LogP contribution >= 0.6 is 11.8 Å². The summed E-state index contributed by atoms with van der Waals surface area (Å²) in [6.45, 7) is 6.84. The maximum Gasteiger partial charge on any atom is 0.321 e. The number of anilines is 1. The number of hydrogen-bond acceptors (Lipinski definition) is 7. The summed E-state index contributed by atoms with van der Waals surface area (Å²) in [5.74, 6) is 1.87. The molecular formula is C18H26N6O3S. The van der Waals surface area contributed by atoms with E-state index in [1.54, 1.807) is 13.2 Å². The number of urea groups is 1. The third kappa shape index (κ3) is 5.28. The normalized spacial score (nSPS) is 16.8. The van der Waals surface area contributed by atoms with E-state index in [9.17, 15) is 9.59 Å². The van der Waals surface area contributed by atoms with Gasteiger partial charge in [0.1, 0.15) is 5.76 Å². The number of carbonyl (C=O) groups excluding carboxylic acids is 2. The fourth-order valence-corrected chi connectivity index (χ4v) is 3.92. The third-order valence-electron chi connectivity index (χ3n) is 4.45. The second-order valence-corrected chi connectivity index (χ2v) is 7.78. The van der Waals surface area contributed by atoms with Gasteiger partial charge in [0, 0.05) is 19.6 Å². The van der Waals surface area contributed by atoms with Crippen LogP contribution in [-0.2, 0) is 11.3 Å². The lowest BCUT2D eigenvalue weighted by molar-refractivity contribution is -0.117. The summed E-state index contributed by atoms with van der Waals surface area (Å²) in [4.78, 5) is 25.7. The minimum Gasteiger partial charge on any atom is -0.467 e. The van der Waals surface area contributed by atoms with Crippen molar-refractivity contribution in [2.75, 3.05) is 30.3 Å². The first-order valence-corrected chi connectivity index (χ1v) is 10.5. The zero-order valence-corrected chi connectivity index (χ0v) is 17.0. The number of thioether (sulfide) groups is 1. The predicted octanol–water partition coefficient (Wildman–Crippen LogP) is 2.09. The molecule has 2 N–H and O–H groups in total. The van der Waals surface area contributed by atoms with E-state index in [0.717, 1.165) is 31.2 Å². The van der Waals surface area contributed by atoms with Crippen LogP contribution in [0.4, 0.5) is 10.7 Å². The van der Waals surface area contributed by atoms with Gasteiger partial charge in [0.05, 0.1) is 18.6 Å². The molecule has 0 aliphatic carbocycles. The molecule has 1 atom stereocenters. The van der Waals surface area contributed by atoms with Gasteiger partial charge in [-0.3, -0.25) is 14.7 Å². The summed E-state index contributed by atoms with van der Waals surface area (Å²) in [5, 5.41) is 14.1. The molecule has 0 aromatic carbocycles. The van der Waals surface area contributed by atoms with Crippen LogP contribution in [0.2, 0.25) is 0 Å². The summed E-state index contributed by atoms with van der Waals surface area (Å²) in [7, 11) is 0. The van der Waals surface area contributed by atoms with Crippen molar-refractivity contribution in [3.63, 3.8) is 0 Å². The molecule has 3 rings (SSSR count). The molecule has 0 bridgehead atoms. The quantitative estimate of drug-likeness (QED) is 0.678. The molecule has 2 aromatic rings. The van der Waals surface area contributed by atoms with Gasteiger partial charge in [-0.25, -0.2) is 4.79 Å². The number of nitrogens with zero attached hydrogens (tertiary/aromatic N) is 4. The smallest absolute Gasteiger partial charge is 0.321 e. The first kappa shape index (κ1) is 20.2. The van der Waals surface area contributed by atoms with Crippen molar-refractivity contribution in [2.24, 2.45) is 5.92 Å². The first-order valence-electron chi connectivity index (χ1n) is 9.47. The van der Waals surface area contributed by atoms with E-state index >= 15 is 0 Å². The molecule has 1 aliphatic rings. The molecule has 28 heavy (non-hydrogen) atoms. The lowest BCUT2D eigenvalue weighted by Gasteiger charge is -2.31. The van der Waals surface area contributed by atoms with E-state index < -0.39 is 6.03 Å². The van der Waals surface area contributed by atoms with Gasteiger partial charge in [0.25, 0.3) is 0 Å². The maximum atomic E-state index is 12.0. The standard InChI is InChI=1S/C18H26N6O3S/c1-3-19-16(26)20-15(25)12-28-18-22-21-17(23-8-4-6-13(2)10-23)24(18)11-14-7-5-9-27-14/h5,7,9,13H,3-4,6,8,10-12H2,1-2H3,(H2,19,20,25,26). The highest BCUT2D eigenvalue weighted by Crippen LogP contribution is 2.27. The van der Waals surface area contributed by atoms with Gasteiger partial charge in [0.2, 0.25) is 11.9 Å². The van der Waals surface area contributed by atoms with Crippen molar-refractivity contribution in [1.82, 2.24) is 25.4 Å². The Hall–Kier alpha value is -2.49. The zero-order valence-electron chi connectivity index (χ0n) is 16.2. The Bertz CT molecular complexity index is 791. The predicted molar refractivity (Wildman–Crippen MR) is 106 cm³/mol. The van der Waals surface area contributed by atoms with Gasteiger partial charge >= 0.3 is 6.03 Å². The molecule has 1 fully saturated rings. The topological polar surface area (TPSA) is 105 Å². The Kier molecular flexibility index (Phi) is 6.96. The summed E-state index contributed by atoms with van der Waals surface area (Å²) in [5.41, 5.74) is 0. The average Bonchev–Trinajstić information content (AvgIpc) is 3.30. The maximum absolute atomic E-state index is 12.0. The SMILES string of the molecule is CCNC(=O)NC(=O)CSc1nnc(N2CCCC(C)C2)n1Cc1ccco1. The lowest BCUT2D eigenvalue weighted by Crippen LogP contribution is -2.40. The van der Waals surface area contributed by atoms with E-state index in [1.807, 2.05) is 16.7 Å².